The van der Waals surface area contributed by atoms with Gasteiger partial charge in [0, 0.05) is 22.9 Å². The van der Waals surface area contributed by atoms with Gasteiger partial charge >= 0.3 is 0 Å². The minimum atomic E-state index is -0.492. The normalized spacial score (nSPS) is 13.5. The number of hydrogen-bond donors (Lipinski definition) is 1. The first-order chi connectivity index (χ1) is 8.88. The van der Waals surface area contributed by atoms with Crippen LogP contribution in [0.15, 0.2) is 36.4 Å². The molecule has 1 heterocycles. The number of benzene rings is 1. The van der Waals surface area contributed by atoms with Crippen molar-refractivity contribution in [2.45, 2.75) is 33.2 Å². The molecular formula is C16H20N2O. The van der Waals surface area contributed by atoms with Crippen LogP contribution in [0.4, 0.5) is 0 Å². The van der Waals surface area contributed by atoms with Gasteiger partial charge in [0.25, 0.3) is 0 Å². The monoisotopic (exact) mass is 256 g/mol. The van der Waals surface area contributed by atoms with Crippen LogP contribution >= 0.6 is 0 Å². The Labute approximate surface area is 113 Å². The van der Waals surface area contributed by atoms with Gasteiger partial charge in [0.2, 0.25) is 0 Å². The van der Waals surface area contributed by atoms with Crippen LogP contribution in [0.2, 0.25) is 0 Å². The molecule has 1 atom stereocenters. The van der Waals surface area contributed by atoms with Crippen LogP contribution in [0.5, 0.6) is 0 Å². The second-order valence-corrected chi connectivity index (χ2v) is 5.92. The third-order valence-electron chi connectivity index (χ3n) is 3.16. The fourth-order valence-electron chi connectivity index (χ4n) is 2.10. The van der Waals surface area contributed by atoms with E-state index in [1.54, 1.807) is 0 Å². The van der Waals surface area contributed by atoms with Crippen LogP contribution < -0.4 is 5.73 Å². The Kier molecular flexibility index (Phi) is 3.67. The fourth-order valence-corrected chi connectivity index (χ4v) is 2.10. The zero-order valence-corrected chi connectivity index (χ0v) is 11.7. The number of aromatic nitrogens is 1. The van der Waals surface area contributed by atoms with Gasteiger partial charge in [-0.1, -0.05) is 45.0 Å². The van der Waals surface area contributed by atoms with E-state index in [9.17, 15) is 4.79 Å². The number of fused-ring (bicyclic) bond motifs is 1. The van der Waals surface area contributed by atoms with E-state index in [0.717, 1.165) is 16.6 Å². The second-order valence-electron chi connectivity index (χ2n) is 5.92. The smallest absolute Gasteiger partial charge is 0.155 e. The van der Waals surface area contributed by atoms with Gasteiger partial charge in [0.1, 0.15) is 0 Å². The molecule has 3 heteroatoms. The van der Waals surface area contributed by atoms with Crippen molar-refractivity contribution < 1.29 is 4.79 Å². The molecule has 2 N–H and O–H groups in total. The summed E-state index contributed by atoms with van der Waals surface area (Å²) in [5.41, 5.74) is 7.39. The third kappa shape index (κ3) is 3.18. The summed E-state index contributed by atoms with van der Waals surface area (Å²) in [7, 11) is 0. The van der Waals surface area contributed by atoms with Crippen molar-refractivity contribution in [2.24, 2.45) is 11.1 Å². The number of carbonyl (C=O) groups is 1. The molecule has 0 amide bonds. The maximum absolute atomic E-state index is 12.1. The zero-order valence-electron chi connectivity index (χ0n) is 11.7. The van der Waals surface area contributed by atoms with Gasteiger partial charge in [-0.3, -0.25) is 9.78 Å². The molecule has 0 saturated heterocycles. The third-order valence-corrected chi connectivity index (χ3v) is 3.16. The van der Waals surface area contributed by atoms with Crippen LogP contribution in [0.1, 0.15) is 26.5 Å². The van der Waals surface area contributed by atoms with Crippen LogP contribution in [0.25, 0.3) is 10.9 Å². The van der Waals surface area contributed by atoms with E-state index in [1.165, 1.54) is 0 Å². The molecule has 0 bridgehead atoms. The first kappa shape index (κ1) is 13.7. The molecule has 1 aromatic carbocycles. The highest BCUT2D eigenvalue weighted by atomic mass is 16.1. The van der Waals surface area contributed by atoms with Crippen LogP contribution in [-0.4, -0.2) is 16.8 Å². The Balaban J connectivity index is 2.19. The summed E-state index contributed by atoms with van der Waals surface area (Å²) < 4.78 is 0. The molecule has 1 aromatic heterocycles. The van der Waals surface area contributed by atoms with Crippen molar-refractivity contribution >= 4 is 16.7 Å². The maximum Gasteiger partial charge on any atom is 0.155 e. The van der Waals surface area contributed by atoms with Crippen molar-refractivity contribution in [3.63, 3.8) is 0 Å². The highest BCUT2D eigenvalue weighted by Gasteiger charge is 2.27. The standard InChI is InChI=1S/C16H20N2O/c1-16(2,3)15(19)13(17)10-12-9-8-11-6-4-5-7-14(11)18-12/h4-9,13H,10,17H2,1-3H3. The lowest BCUT2D eigenvalue weighted by atomic mass is 9.85. The van der Waals surface area contributed by atoms with Crippen molar-refractivity contribution in [3.8, 4) is 0 Å². The highest BCUT2D eigenvalue weighted by molar-refractivity contribution is 5.88. The number of carbonyl (C=O) groups excluding carboxylic acids is 1. The van der Waals surface area contributed by atoms with Crippen LogP contribution in [-0.2, 0) is 11.2 Å². The molecule has 0 fully saturated rings. The summed E-state index contributed by atoms with van der Waals surface area (Å²) >= 11 is 0. The Morgan fingerprint density at radius 1 is 1.21 bits per heavy atom. The SMILES string of the molecule is CC(C)(C)C(=O)C(N)Cc1ccc2ccccc2n1. The number of para-hydroxylation sites is 1. The quantitative estimate of drug-likeness (QED) is 0.918. The Bertz CT molecular complexity index is 599. The van der Waals surface area contributed by atoms with Crippen molar-refractivity contribution in [2.75, 3.05) is 0 Å². The van der Waals surface area contributed by atoms with Crippen LogP contribution in [0.3, 0.4) is 0 Å². The number of Topliss-reactive ketones (excluding diaryl/α,β-unsaturated/α-hetero) is 1. The summed E-state index contributed by atoms with van der Waals surface area (Å²) in [6.45, 7) is 5.68. The summed E-state index contributed by atoms with van der Waals surface area (Å²) in [6, 6.07) is 11.4. The molecule has 1 unspecified atom stereocenters. The van der Waals surface area contributed by atoms with E-state index in [2.05, 4.69) is 4.98 Å². The zero-order chi connectivity index (χ0) is 14.0. The fraction of sp³-hybridized carbons (Fsp3) is 0.375. The molecule has 3 nitrogen and oxygen atoms in total. The van der Waals surface area contributed by atoms with Gasteiger partial charge in [-0.25, -0.2) is 0 Å². The summed E-state index contributed by atoms with van der Waals surface area (Å²) in [5, 5.41) is 1.10. The molecule has 0 saturated carbocycles. The van der Waals surface area contributed by atoms with E-state index < -0.39 is 11.5 Å². The molecule has 0 aliphatic heterocycles. The topological polar surface area (TPSA) is 56.0 Å². The second kappa shape index (κ2) is 5.10. The van der Waals surface area contributed by atoms with E-state index in [0.29, 0.717) is 6.42 Å². The lowest BCUT2D eigenvalue weighted by Crippen LogP contribution is -2.40. The first-order valence-corrected chi connectivity index (χ1v) is 6.52. The molecule has 0 radical (unpaired) electrons. The van der Waals surface area contributed by atoms with Crippen molar-refractivity contribution in [1.82, 2.24) is 4.98 Å². The summed E-state index contributed by atoms with van der Waals surface area (Å²) in [4.78, 5) is 16.6. The minimum absolute atomic E-state index is 0.0717. The minimum Gasteiger partial charge on any atom is -0.321 e. The van der Waals surface area contributed by atoms with Crippen molar-refractivity contribution in [3.05, 3.63) is 42.1 Å². The Morgan fingerprint density at radius 2 is 1.89 bits per heavy atom. The van der Waals surface area contributed by atoms with E-state index in [1.807, 2.05) is 57.2 Å². The molecule has 0 aliphatic carbocycles. The van der Waals surface area contributed by atoms with Crippen LogP contribution in [0, 0.1) is 5.41 Å². The van der Waals surface area contributed by atoms with Gasteiger partial charge in [-0.15, -0.1) is 0 Å². The summed E-state index contributed by atoms with van der Waals surface area (Å²) in [6.07, 6.45) is 0.487. The molecule has 100 valence electrons. The Morgan fingerprint density at radius 3 is 2.58 bits per heavy atom. The number of rotatable bonds is 3. The average molecular weight is 256 g/mol. The molecular weight excluding hydrogens is 236 g/mol. The van der Waals surface area contributed by atoms with E-state index in [-0.39, 0.29) is 5.78 Å². The highest BCUT2D eigenvalue weighted by Crippen LogP contribution is 2.18. The maximum atomic E-state index is 12.1. The Hall–Kier alpha value is -1.74. The lowest BCUT2D eigenvalue weighted by Gasteiger charge is -2.21. The van der Waals surface area contributed by atoms with Gasteiger partial charge in [0.05, 0.1) is 11.6 Å². The molecule has 2 aromatic rings. The number of ketones is 1. The number of nitrogens with two attached hydrogens (primary N) is 1. The lowest BCUT2D eigenvalue weighted by molar-refractivity contribution is -0.127. The van der Waals surface area contributed by atoms with Gasteiger partial charge in [-0.2, -0.15) is 0 Å². The van der Waals surface area contributed by atoms with E-state index in [4.69, 9.17) is 5.73 Å². The summed E-state index contributed by atoms with van der Waals surface area (Å²) in [5.74, 6) is 0.0717. The first-order valence-electron chi connectivity index (χ1n) is 6.52. The predicted octanol–water partition coefficient (Wildman–Crippen LogP) is 2.72. The average Bonchev–Trinajstić information content (AvgIpc) is 2.36. The molecule has 19 heavy (non-hydrogen) atoms. The number of hydrogen-bond acceptors (Lipinski definition) is 3. The molecule has 2 rings (SSSR count). The van der Waals surface area contributed by atoms with Gasteiger partial charge in [-0.05, 0) is 12.1 Å². The van der Waals surface area contributed by atoms with Gasteiger partial charge < -0.3 is 5.73 Å². The van der Waals surface area contributed by atoms with Crippen molar-refractivity contribution in [1.29, 1.82) is 0 Å². The van der Waals surface area contributed by atoms with E-state index >= 15 is 0 Å². The number of nitrogens with zero attached hydrogens (tertiary/aromatic N) is 1. The van der Waals surface area contributed by atoms with Gasteiger partial charge in [0.15, 0.2) is 5.78 Å². The largest absolute Gasteiger partial charge is 0.321 e. The number of pyridine rings is 1. The molecule has 0 aliphatic rings. The molecule has 0 spiro atoms. The predicted molar refractivity (Wildman–Crippen MR) is 77.9 cm³/mol.